The Kier molecular flexibility index (Phi) is 4.85. The number of nitrogens with zero attached hydrogens (tertiary/aromatic N) is 2. The van der Waals surface area contributed by atoms with Crippen LogP contribution < -0.4 is 14.8 Å². The fraction of sp³-hybridized carbons (Fsp3) is 0.438. The highest BCUT2D eigenvalue weighted by Crippen LogP contribution is 2.32. The molecule has 0 unspecified atom stereocenters. The summed E-state index contributed by atoms with van der Waals surface area (Å²) >= 11 is 0. The molecular formula is C16H23N3O2. The summed E-state index contributed by atoms with van der Waals surface area (Å²) in [7, 11) is 5.22. The highest BCUT2D eigenvalue weighted by atomic mass is 16.5. The number of hydrogen-bond acceptors (Lipinski definition) is 4. The van der Waals surface area contributed by atoms with Gasteiger partial charge in [-0.15, -0.1) is 0 Å². The highest BCUT2D eigenvalue weighted by molar-refractivity contribution is 5.80. The molecule has 0 saturated carbocycles. The first-order valence-corrected chi connectivity index (χ1v) is 7.00. The maximum Gasteiger partial charge on any atom is 0.163 e. The summed E-state index contributed by atoms with van der Waals surface area (Å²) in [5.74, 6) is 2.45. The molecule has 1 N–H and O–H groups in total. The SMILES string of the molecule is C=C(C)Cn1c(CCNC)nc2cc(OC)c(OC)cc21. The van der Waals surface area contributed by atoms with Crippen LogP contribution in [0.3, 0.4) is 0 Å². The van der Waals surface area contributed by atoms with Gasteiger partial charge < -0.3 is 19.4 Å². The van der Waals surface area contributed by atoms with Crippen LogP contribution in [0, 0.1) is 0 Å². The smallest absolute Gasteiger partial charge is 0.163 e. The van der Waals surface area contributed by atoms with Crippen molar-refractivity contribution in [1.82, 2.24) is 14.9 Å². The van der Waals surface area contributed by atoms with Gasteiger partial charge in [-0.1, -0.05) is 12.2 Å². The molecule has 0 aliphatic rings. The Balaban J connectivity index is 2.58. The molecule has 0 spiro atoms. The molecule has 2 aromatic rings. The summed E-state index contributed by atoms with van der Waals surface area (Å²) in [4.78, 5) is 4.73. The number of fused-ring (bicyclic) bond motifs is 1. The third kappa shape index (κ3) is 3.19. The lowest BCUT2D eigenvalue weighted by Gasteiger charge is -2.11. The number of ether oxygens (including phenoxy) is 2. The first-order valence-electron chi connectivity index (χ1n) is 7.00. The van der Waals surface area contributed by atoms with Crippen molar-refractivity contribution in [2.24, 2.45) is 0 Å². The van der Waals surface area contributed by atoms with Crippen LogP contribution in [-0.4, -0.2) is 37.4 Å². The first-order chi connectivity index (χ1) is 10.1. The van der Waals surface area contributed by atoms with E-state index < -0.39 is 0 Å². The number of likely N-dealkylation sites (N-methyl/N-ethyl adjacent to an activating group) is 1. The van der Waals surface area contributed by atoms with Crippen molar-refractivity contribution in [3.8, 4) is 11.5 Å². The zero-order valence-electron chi connectivity index (χ0n) is 13.2. The molecule has 0 bridgehead atoms. The number of benzene rings is 1. The molecule has 1 heterocycles. The lowest BCUT2D eigenvalue weighted by atomic mass is 10.2. The number of allylic oxidation sites excluding steroid dienone is 1. The van der Waals surface area contributed by atoms with Crippen LogP contribution >= 0.6 is 0 Å². The van der Waals surface area contributed by atoms with Crippen molar-refractivity contribution in [3.63, 3.8) is 0 Å². The monoisotopic (exact) mass is 289 g/mol. The quantitative estimate of drug-likeness (QED) is 0.795. The maximum absolute atomic E-state index is 5.39. The number of imidazole rings is 1. The minimum absolute atomic E-state index is 0.699. The lowest BCUT2D eigenvalue weighted by Crippen LogP contribution is -2.14. The fourth-order valence-corrected chi connectivity index (χ4v) is 2.38. The van der Waals surface area contributed by atoms with Crippen LogP contribution in [-0.2, 0) is 13.0 Å². The molecule has 0 aliphatic heterocycles. The van der Waals surface area contributed by atoms with Gasteiger partial charge in [-0.25, -0.2) is 4.98 Å². The summed E-state index contributed by atoms with van der Waals surface area (Å²) in [6.07, 6.45) is 0.864. The Labute approximate surface area is 125 Å². The van der Waals surface area contributed by atoms with E-state index in [1.165, 1.54) is 0 Å². The van der Waals surface area contributed by atoms with Crippen molar-refractivity contribution in [3.05, 3.63) is 30.1 Å². The summed E-state index contributed by atoms with van der Waals surface area (Å²) < 4.78 is 12.9. The number of hydrogen-bond donors (Lipinski definition) is 1. The third-order valence-electron chi connectivity index (χ3n) is 3.36. The predicted octanol–water partition coefficient (Wildman–Crippen LogP) is 2.39. The Morgan fingerprint density at radius 2 is 1.95 bits per heavy atom. The molecule has 0 amide bonds. The molecule has 5 nitrogen and oxygen atoms in total. The van der Waals surface area contributed by atoms with Crippen molar-refractivity contribution >= 4 is 11.0 Å². The average molecular weight is 289 g/mol. The average Bonchev–Trinajstić information content (AvgIpc) is 2.80. The number of nitrogens with one attached hydrogen (secondary N) is 1. The van der Waals surface area contributed by atoms with E-state index in [2.05, 4.69) is 16.5 Å². The molecule has 5 heteroatoms. The summed E-state index contributed by atoms with van der Waals surface area (Å²) in [6.45, 7) is 7.67. The number of methoxy groups -OCH3 is 2. The third-order valence-corrected chi connectivity index (χ3v) is 3.36. The molecule has 1 aromatic heterocycles. The standard InChI is InChI=1S/C16H23N3O2/c1-11(2)10-19-13-9-15(21-5)14(20-4)8-12(13)18-16(19)6-7-17-3/h8-9,17H,1,6-7,10H2,2-5H3. The Morgan fingerprint density at radius 1 is 1.29 bits per heavy atom. The minimum Gasteiger partial charge on any atom is -0.493 e. The van der Waals surface area contributed by atoms with Gasteiger partial charge in [0.1, 0.15) is 5.82 Å². The van der Waals surface area contributed by atoms with Gasteiger partial charge in [0.2, 0.25) is 0 Å². The van der Waals surface area contributed by atoms with Crippen molar-refractivity contribution in [2.45, 2.75) is 19.9 Å². The van der Waals surface area contributed by atoms with Gasteiger partial charge >= 0.3 is 0 Å². The van der Waals surface area contributed by atoms with E-state index in [4.69, 9.17) is 14.5 Å². The van der Waals surface area contributed by atoms with Crippen LogP contribution in [0.2, 0.25) is 0 Å². The van der Waals surface area contributed by atoms with E-state index in [0.29, 0.717) is 11.5 Å². The first kappa shape index (κ1) is 15.4. The van der Waals surface area contributed by atoms with Crippen molar-refractivity contribution in [2.75, 3.05) is 27.8 Å². The van der Waals surface area contributed by atoms with Gasteiger partial charge in [0.15, 0.2) is 11.5 Å². The second kappa shape index (κ2) is 6.63. The predicted molar refractivity (Wildman–Crippen MR) is 85.3 cm³/mol. The molecule has 2 rings (SSSR count). The van der Waals surface area contributed by atoms with Crippen LogP contribution in [0.5, 0.6) is 11.5 Å². The second-order valence-corrected chi connectivity index (χ2v) is 5.12. The van der Waals surface area contributed by atoms with E-state index >= 15 is 0 Å². The number of aromatic nitrogens is 2. The van der Waals surface area contributed by atoms with Gasteiger partial charge in [-0.2, -0.15) is 0 Å². The fourth-order valence-electron chi connectivity index (χ4n) is 2.38. The molecule has 0 atom stereocenters. The zero-order chi connectivity index (χ0) is 15.4. The summed E-state index contributed by atoms with van der Waals surface area (Å²) in [5.41, 5.74) is 3.05. The van der Waals surface area contributed by atoms with Crippen LogP contribution in [0.25, 0.3) is 11.0 Å². The molecule has 114 valence electrons. The molecule has 0 saturated heterocycles. The molecule has 0 radical (unpaired) electrons. The van der Waals surface area contributed by atoms with E-state index in [1.807, 2.05) is 26.1 Å². The summed E-state index contributed by atoms with van der Waals surface area (Å²) in [6, 6.07) is 3.90. The Bertz CT molecular complexity index is 646. The molecule has 0 fully saturated rings. The van der Waals surface area contributed by atoms with Crippen LogP contribution in [0.1, 0.15) is 12.7 Å². The number of rotatable bonds is 7. The topological polar surface area (TPSA) is 48.3 Å². The van der Waals surface area contributed by atoms with Gasteiger partial charge in [0, 0.05) is 31.6 Å². The van der Waals surface area contributed by atoms with Gasteiger partial charge in [-0.05, 0) is 14.0 Å². The zero-order valence-corrected chi connectivity index (χ0v) is 13.2. The van der Waals surface area contributed by atoms with E-state index in [1.54, 1.807) is 14.2 Å². The van der Waals surface area contributed by atoms with Crippen molar-refractivity contribution < 1.29 is 9.47 Å². The largest absolute Gasteiger partial charge is 0.493 e. The lowest BCUT2D eigenvalue weighted by molar-refractivity contribution is 0.355. The maximum atomic E-state index is 5.39. The molecular weight excluding hydrogens is 266 g/mol. The van der Waals surface area contributed by atoms with Gasteiger partial charge in [-0.3, -0.25) is 0 Å². The summed E-state index contributed by atoms with van der Waals surface area (Å²) in [5, 5.41) is 3.16. The van der Waals surface area contributed by atoms with Crippen molar-refractivity contribution in [1.29, 1.82) is 0 Å². The van der Waals surface area contributed by atoms with E-state index in [9.17, 15) is 0 Å². The van der Waals surface area contributed by atoms with Crippen LogP contribution in [0.15, 0.2) is 24.3 Å². The highest BCUT2D eigenvalue weighted by Gasteiger charge is 2.14. The molecule has 1 aromatic carbocycles. The molecule has 21 heavy (non-hydrogen) atoms. The minimum atomic E-state index is 0.699. The van der Waals surface area contributed by atoms with E-state index in [-0.39, 0.29) is 0 Å². The second-order valence-electron chi connectivity index (χ2n) is 5.12. The Morgan fingerprint density at radius 3 is 2.52 bits per heavy atom. The van der Waals surface area contributed by atoms with E-state index in [0.717, 1.165) is 41.9 Å². The van der Waals surface area contributed by atoms with Gasteiger partial charge in [0.05, 0.1) is 25.3 Å². The normalized spacial score (nSPS) is 10.9. The van der Waals surface area contributed by atoms with Crippen LogP contribution in [0.4, 0.5) is 0 Å². The molecule has 0 aliphatic carbocycles. The Hall–Kier alpha value is -2.01. The van der Waals surface area contributed by atoms with Gasteiger partial charge in [0.25, 0.3) is 0 Å².